The van der Waals surface area contributed by atoms with Crippen LogP contribution in [0.5, 0.6) is 0 Å². The zero-order valence-corrected chi connectivity index (χ0v) is 10.5. The van der Waals surface area contributed by atoms with Crippen molar-refractivity contribution in [3.63, 3.8) is 0 Å². The first-order valence-electron chi connectivity index (χ1n) is 6.22. The lowest BCUT2D eigenvalue weighted by Gasteiger charge is -2.16. The summed E-state index contributed by atoms with van der Waals surface area (Å²) in [6.07, 6.45) is 3.84. The van der Waals surface area contributed by atoms with Crippen LogP contribution in [0.4, 0.5) is 10.1 Å². The fourth-order valence-electron chi connectivity index (χ4n) is 2.32. The highest BCUT2D eigenvalue weighted by molar-refractivity contribution is 6.52. The van der Waals surface area contributed by atoms with Crippen molar-refractivity contribution in [1.29, 1.82) is 0 Å². The molecule has 2 aromatic rings. The second kappa shape index (κ2) is 4.85. The molecule has 3 rings (SSSR count). The molecule has 100 valence electrons. The number of halogens is 1. The number of benzene rings is 1. The van der Waals surface area contributed by atoms with Crippen LogP contribution in [0.2, 0.25) is 0 Å². The molecule has 0 atom stereocenters. The van der Waals surface area contributed by atoms with Gasteiger partial charge in [0.15, 0.2) is 0 Å². The number of Topliss-reactive ketones (excluding diaryl/α,β-unsaturated/α-hetero) is 1. The molecule has 1 aliphatic rings. The summed E-state index contributed by atoms with van der Waals surface area (Å²) in [7, 11) is 0. The molecule has 0 radical (unpaired) electrons. The molecule has 5 heteroatoms. The lowest BCUT2D eigenvalue weighted by molar-refractivity contribution is -0.114. The van der Waals surface area contributed by atoms with Gasteiger partial charge >= 0.3 is 0 Å². The minimum atomic E-state index is -0.667. The van der Waals surface area contributed by atoms with Crippen molar-refractivity contribution in [2.24, 2.45) is 0 Å². The van der Waals surface area contributed by atoms with Crippen molar-refractivity contribution >= 4 is 17.4 Å². The first-order valence-corrected chi connectivity index (χ1v) is 6.22. The van der Waals surface area contributed by atoms with Crippen molar-refractivity contribution in [1.82, 2.24) is 4.98 Å². The van der Waals surface area contributed by atoms with Gasteiger partial charge in [0.25, 0.3) is 11.7 Å². The Morgan fingerprint density at radius 3 is 2.60 bits per heavy atom. The van der Waals surface area contributed by atoms with Crippen LogP contribution in [0.1, 0.15) is 15.9 Å². The van der Waals surface area contributed by atoms with E-state index in [1.165, 1.54) is 23.1 Å². The Kier molecular flexibility index (Phi) is 3.02. The molecule has 0 unspecified atom stereocenters. The number of nitrogens with zero attached hydrogens (tertiary/aromatic N) is 2. The zero-order valence-electron chi connectivity index (χ0n) is 10.5. The summed E-state index contributed by atoms with van der Waals surface area (Å²) in [5.41, 5.74) is 1.21. The van der Waals surface area contributed by atoms with E-state index in [1.54, 1.807) is 12.4 Å². The highest BCUT2D eigenvalue weighted by atomic mass is 19.1. The van der Waals surface area contributed by atoms with Gasteiger partial charge in [-0.3, -0.25) is 14.6 Å². The van der Waals surface area contributed by atoms with Crippen LogP contribution in [0.15, 0.2) is 42.7 Å². The third-order valence-corrected chi connectivity index (χ3v) is 3.31. The number of ketones is 1. The van der Waals surface area contributed by atoms with Gasteiger partial charge < -0.3 is 4.90 Å². The second-order valence-electron chi connectivity index (χ2n) is 4.53. The number of hydrogen-bond donors (Lipinski definition) is 0. The van der Waals surface area contributed by atoms with Crippen LogP contribution < -0.4 is 4.90 Å². The maximum Gasteiger partial charge on any atom is 0.299 e. The fourth-order valence-corrected chi connectivity index (χ4v) is 2.32. The summed E-state index contributed by atoms with van der Waals surface area (Å²) in [5.74, 6) is -1.86. The number of para-hydroxylation sites is 1. The summed E-state index contributed by atoms with van der Waals surface area (Å²) in [6.45, 7) is 0.266. The van der Waals surface area contributed by atoms with Gasteiger partial charge in [-0.25, -0.2) is 4.39 Å². The predicted octanol–water partition coefficient (Wildman–Crippen LogP) is 1.99. The molecule has 0 saturated heterocycles. The molecule has 1 aromatic carbocycles. The van der Waals surface area contributed by atoms with E-state index in [-0.39, 0.29) is 17.8 Å². The molecule has 0 saturated carbocycles. The molecule has 0 aliphatic carbocycles. The van der Waals surface area contributed by atoms with Crippen LogP contribution in [0.3, 0.4) is 0 Å². The molecule has 1 amide bonds. The second-order valence-corrected chi connectivity index (χ2v) is 4.53. The van der Waals surface area contributed by atoms with Crippen molar-refractivity contribution in [2.45, 2.75) is 6.42 Å². The van der Waals surface area contributed by atoms with E-state index >= 15 is 0 Å². The third kappa shape index (κ3) is 1.97. The van der Waals surface area contributed by atoms with Crippen LogP contribution in [-0.2, 0) is 11.2 Å². The number of pyridine rings is 1. The quantitative estimate of drug-likeness (QED) is 0.801. The molecular formula is C15H11FN2O2. The first-order chi connectivity index (χ1) is 9.68. The number of rotatable bonds is 3. The van der Waals surface area contributed by atoms with Gasteiger partial charge in [-0.05, 0) is 36.2 Å². The van der Waals surface area contributed by atoms with Crippen LogP contribution in [-0.4, -0.2) is 23.2 Å². The number of anilines is 1. The molecule has 0 N–H and O–H groups in total. The largest absolute Gasteiger partial charge is 0.302 e. The van der Waals surface area contributed by atoms with Crippen molar-refractivity contribution < 1.29 is 14.0 Å². The minimum Gasteiger partial charge on any atom is -0.302 e. The Morgan fingerprint density at radius 2 is 1.85 bits per heavy atom. The summed E-state index contributed by atoms with van der Waals surface area (Å²) < 4.78 is 13.9. The Morgan fingerprint density at radius 1 is 1.10 bits per heavy atom. The Labute approximate surface area is 114 Å². The SMILES string of the molecule is O=C1C(=O)N(CCc2ccncc2)c2c(F)cccc21. The van der Waals surface area contributed by atoms with Gasteiger partial charge in [-0.15, -0.1) is 0 Å². The van der Waals surface area contributed by atoms with E-state index in [9.17, 15) is 14.0 Å². The lowest BCUT2D eigenvalue weighted by atomic mass is 10.1. The van der Waals surface area contributed by atoms with Gasteiger partial charge in [-0.1, -0.05) is 6.07 Å². The van der Waals surface area contributed by atoms with Crippen LogP contribution in [0, 0.1) is 5.82 Å². The Bertz CT molecular complexity index is 686. The number of fused-ring (bicyclic) bond motifs is 1. The summed E-state index contributed by atoms with van der Waals surface area (Å²) in [6, 6.07) is 7.82. The number of carbonyl (C=O) groups is 2. The van der Waals surface area contributed by atoms with Gasteiger partial charge in [0.1, 0.15) is 5.82 Å². The van der Waals surface area contributed by atoms with Gasteiger partial charge in [0, 0.05) is 18.9 Å². The fraction of sp³-hybridized carbons (Fsp3) is 0.133. The molecule has 0 fully saturated rings. The number of aromatic nitrogens is 1. The molecule has 2 heterocycles. The molecule has 0 bridgehead atoms. The predicted molar refractivity (Wildman–Crippen MR) is 71.0 cm³/mol. The van der Waals surface area contributed by atoms with E-state index in [4.69, 9.17) is 0 Å². The van der Waals surface area contributed by atoms with E-state index in [1.807, 2.05) is 12.1 Å². The highest BCUT2D eigenvalue weighted by Gasteiger charge is 2.37. The Hall–Kier alpha value is -2.56. The van der Waals surface area contributed by atoms with Crippen molar-refractivity contribution in [2.75, 3.05) is 11.4 Å². The van der Waals surface area contributed by atoms with Gasteiger partial charge in [0.05, 0.1) is 11.3 Å². The highest BCUT2D eigenvalue weighted by Crippen LogP contribution is 2.31. The van der Waals surface area contributed by atoms with Gasteiger partial charge in [0.2, 0.25) is 0 Å². The average molecular weight is 270 g/mol. The van der Waals surface area contributed by atoms with E-state index in [2.05, 4.69) is 4.98 Å². The van der Waals surface area contributed by atoms with Crippen molar-refractivity contribution in [3.8, 4) is 0 Å². The summed E-state index contributed by atoms with van der Waals surface area (Å²) >= 11 is 0. The summed E-state index contributed by atoms with van der Waals surface area (Å²) in [5, 5.41) is 0. The lowest BCUT2D eigenvalue weighted by Crippen LogP contribution is -2.32. The summed E-state index contributed by atoms with van der Waals surface area (Å²) in [4.78, 5) is 28.9. The number of hydrogen-bond acceptors (Lipinski definition) is 3. The average Bonchev–Trinajstić information content (AvgIpc) is 2.72. The third-order valence-electron chi connectivity index (χ3n) is 3.31. The zero-order chi connectivity index (χ0) is 14.1. The minimum absolute atomic E-state index is 0.0940. The standard InChI is InChI=1S/C15H11FN2O2/c16-12-3-1-2-11-13(12)18(15(20)14(11)19)9-6-10-4-7-17-8-5-10/h1-5,7-8H,6,9H2. The van der Waals surface area contributed by atoms with E-state index in [0.717, 1.165) is 5.56 Å². The van der Waals surface area contributed by atoms with E-state index < -0.39 is 17.5 Å². The van der Waals surface area contributed by atoms with E-state index in [0.29, 0.717) is 6.42 Å². The molecule has 4 nitrogen and oxygen atoms in total. The van der Waals surface area contributed by atoms with Crippen LogP contribution in [0.25, 0.3) is 0 Å². The molecule has 1 aromatic heterocycles. The van der Waals surface area contributed by atoms with Crippen LogP contribution >= 0.6 is 0 Å². The molecule has 20 heavy (non-hydrogen) atoms. The number of carbonyl (C=O) groups excluding carboxylic acids is 2. The smallest absolute Gasteiger partial charge is 0.299 e. The molecular weight excluding hydrogens is 259 g/mol. The van der Waals surface area contributed by atoms with Crippen molar-refractivity contribution in [3.05, 3.63) is 59.7 Å². The maximum atomic E-state index is 13.9. The molecule has 0 spiro atoms. The first kappa shape index (κ1) is 12.5. The topological polar surface area (TPSA) is 50.3 Å². The van der Waals surface area contributed by atoms with Gasteiger partial charge in [-0.2, -0.15) is 0 Å². The normalized spacial score (nSPS) is 13.8. The Balaban J connectivity index is 1.88. The molecule has 1 aliphatic heterocycles. The number of amides is 1. The monoisotopic (exact) mass is 270 g/mol. The maximum absolute atomic E-state index is 13.9.